The van der Waals surface area contributed by atoms with Crippen LogP contribution in [0.15, 0.2) is 46.1 Å². The zero-order valence-electron chi connectivity index (χ0n) is 17.2. The van der Waals surface area contributed by atoms with Gasteiger partial charge in [0.15, 0.2) is 17.9 Å². The molecule has 1 rings (SSSR count). The second-order valence-electron chi connectivity index (χ2n) is 8.01. The lowest BCUT2D eigenvalue weighted by molar-refractivity contribution is -0.138. The van der Waals surface area contributed by atoms with E-state index in [4.69, 9.17) is 0 Å². The maximum atomic E-state index is 13.5. The first kappa shape index (κ1) is 22.0. The quantitative estimate of drug-likeness (QED) is 0.268. The van der Waals surface area contributed by atoms with Crippen LogP contribution in [0.3, 0.4) is 0 Å². The Morgan fingerprint density at radius 3 is 1.73 bits per heavy atom. The summed E-state index contributed by atoms with van der Waals surface area (Å²) in [6.07, 6.45) is 8.01. The molecule has 0 aromatic heterocycles. The number of carbonyl (C=O) groups excluding carboxylic acids is 3. The van der Waals surface area contributed by atoms with E-state index in [1.807, 2.05) is 59.8 Å². The van der Waals surface area contributed by atoms with Crippen molar-refractivity contribution >= 4 is 17.9 Å². The van der Waals surface area contributed by atoms with Crippen molar-refractivity contribution in [3.63, 3.8) is 0 Å². The number of carbonyl (C=O) groups is 3. The van der Waals surface area contributed by atoms with E-state index >= 15 is 0 Å². The summed E-state index contributed by atoms with van der Waals surface area (Å²) in [4.78, 5) is 38.0. The molecule has 0 bridgehead atoms. The third-order valence-electron chi connectivity index (χ3n) is 5.09. The minimum absolute atomic E-state index is 0.0573. The minimum atomic E-state index is -0.821. The van der Waals surface area contributed by atoms with Gasteiger partial charge in [-0.15, -0.1) is 0 Å². The molecule has 0 radical (unpaired) electrons. The summed E-state index contributed by atoms with van der Waals surface area (Å²) in [5.41, 5.74) is 3.27. The Kier molecular flexibility index (Phi) is 7.68. The van der Waals surface area contributed by atoms with Gasteiger partial charge in [0.05, 0.1) is 16.9 Å². The number of aldehydes is 1. The molecule has 1 unspecified atom stereocenters. The Bertz CT molecular complexity index is 682. The summed E-state index contributed by atoms with van der Waals surface area (Å²) in [5.74, 6) is -1.16. The molecule has 1 aliphatic rings. The van der Waals surface area contributed by atoms with Crippen molar-refractivity contribution in [1.29, 1.82) is 0 Å². The second kappa shape index (κ2) is 9.07. The zero-order chi connectivity index (χ0) is 20.1. The lowest BCUT2D eigenvalue weighted by Gasteiger charge is -2.39. The van der Waals surface area contributed by atoms with Crippen LogP contribution in [0.5, 0.6) is 0 Å². The van der Waals surface area contributed by atoms with Crippen molar-refractivity contribution in [3.8, 4) is 0 Å². The van der Waals surface area contributed by atoms with Crippen LogP contribution in [0, 0.1) is 11.3 Å². The van der Waals surface area contributed by atoms with Crippen molar-refractivity contribution in [2.75, 3.05) is 0 Å². The fourth-order valence-corrected chi connectivity index (χ4v) is 3.33. The van der Waals surface area contributed by atoms with Crippen LogP contribution in [0.4, 0.5) is 0 Å². The SMILES string of the molecule is CC(C)=CCC1C(=O)C(C=O)=C(C)C(CC=C(C)C)(CC=C(C)C)C1=O. The molecule has 0 aromatic carbocycles. The summed E-state index contributed by atoms with van der Waals surface area (Å²) in [7, 11) is 0. The summed E-state index contributed by atoms with van der Waals surface area (Å²) in [6.45, 7) is 13.6. The van der Waals surface area contributed by atoms with Gasteiger partial charge in [-0.2, -0.15) is 0 Å². The Hall–Kier alpha value is -2.03. The highest BCUT2D eigenvalue weighted by Gasteiger charge is 2.49. The van der Waals surface area contributed by atoms with E-state index in [9.17, 15) is 14.4 Å². The highest BCUT2D eigenvalue weighted by molar-refractivity contribution is 6.24. The largest absolute Gasteiger partial charge is 0.298 e. The second-order valence-corrected chi connectivity index (χ2v) is 8.01. The fourth-order valence-electron chi connectivity index (χ4n) is 3.33. The van der Waals surface area contributed by atoms with Crippen LogP contribution in [-0.2, 0) is 14.4 Å². The molecule has 0 saturated carbocycles. The standard InChI is InChI=1S/C23H32O3/c1-15(2)8-9-19-21(25)20(14-24)18(7)23(22(19)26,12-10-16(3)4)13-11-17(5)6/h8,10-11,14,19H,9,12-13H2,1-7H3. The van der Waals surface area contributed by atoms with E-state index in [-0.39, 0.29) is 17.1 Å². The molecule has 0 aromatic rings. The molecule has 26 heavy (non-hydrogen) atoms. The highest BCUT2D eigenvalue weighted by Crippen LogP contribution is 2.46. The Morgan fingerprint density at radius 2 is 1.35 bits per heavy atom. The molecule has 3 nitrogen and oxygen atoms in total. The van der Waals surface area contributed by atoms with Gasteiger partial charge in [-0.05, 0) is 73.3 Å². The van der Waals surface area contributed by atoms with Crippen molar-refractivity contribution in [2.24, 2.45) is 11.3 Å². The molecule has 0 spiro atoms. The van der Waals surface area contributed by atoms with Crippen LogP contribution < -0.4 is 0 Å². The molecule has 0 aliphatic heterocycles. The lowest BCUT2D eigenvalue weighted by Crippen LogP contribution is -2.45. The summed E-state index contributed by atoms with van der Waals surface area (Å²) >= 11 is 0. The van der Waals surface area contributed by atoms with E-state index in [1.54, 1.807) is 6.92 Å². The first-order chi connectivity index (χ1) is 12.1. The predicted molar refractivity (Wildman–Crippen MR) is 107 cm³/mol. The number of allylic oxidation sites excluding steroid dienone is 8. The number of hydrogen-bond donors (Lipinski definition) is 0. The summed E-state index contributed by atoms with van der Waals surface area (Å²) in [6, 6.07) is 0. The highest BCUT2D eigenvalue weighted by atomic mass is 16.2. The maximum absolute atomic E-state index is 13.5. The number of rotatable bonds is 7. The van der Waals surface area contributed by atoms with Crippen molar-refractivity contribution in [1.82, 2.24) is 0 Å². The van der Waals surface area contributed by atoms with Gasteiger partial charge in [-0.3, -0.25) is 14.4 Å². The lowest BCUT2D eigenvalue weighted by atomic mass is 9.61. The van der Waals surface area contributed by atoms with E-state index in [0.717, 1.165) is 16.7 Å². The Balaban J connectivity index is 3.61. The third-order valence-corrected chi connectivity index (χ3v) is 5.09. The monoisotopic (exact) mass is 356 g/mol. The first-order valence-electron chi connectivity index (χ1n) is 9.22. The molecular weight excluding hydrogens is 324 g/mol. The fraction of sp³-hybridized carbons (Fsp3) is 0.522. The first-order valence-corrected chi connectivity index (χ1v) is 9.22. The topological polar surface area (TPSA) is 51.2 Å². The van der Waals surface area contributed by atoms with E-state index < -0.39 is 11.3 Å². The van der Waals surface area contributed by atoms with Gasteiger partial charge in [0.25, 0.3) is 0 Å². The maximum Gasteiger partial charge on any atom is 0.176 e. The Labute approximate surface area is 157 Å². The molecule has 1 atom stereocenters. The molecule has 1 aliphatic carbocycles. The molecule has 0 saturated heterocycles. The van der Waals surface area contributed by atoms with Crippen LogP contribution in [0.25, 0.3) is 0 Å². The number of ketones is 2. The summed E-state index contributed by atoms with van der Waals surface area (Å²) in [5, 5.41) is 0. The molecule has 0 N–H and O–H groups in total. The van der Waals surface area contributed by atoms with Crippen molar-refractivity contribution in [3.05, 3.63) is 46.1 Å². The van der Waals surface area contributed by atoms with Gasteiger partial charge in [0, 0.05) is 0 Å². The van der Waals surface area contributed by atoms with Gasteiger partial charge in [-0.1, -0.05) is 34.9 Å². The molecule has 142 valence electrons. The Morgan fingerprint density at radius 1 is 0.885 bits per heavy atom. The van der Waals surface area contributed by atoms with Crippen molar-refractivity contribution in [2.45, 2.75) is 67.7 Å². The van der Waals surface area contributed by atoms with Gasteiger partial charge in [-0.25, -0.2) is 0 Å². The number of hydrogen-bond acceptors (Lipinski definition) is 3. The van der Waals surface area contributed by atoms with Gasteiger partial charge < -0.3 is 0 Å². The average molecular weight is 357 g/mol. The van der Waals surface area contributed by atoms with Crippen LogP contribution >= 0.6 is 0 Å². The van der Waals surface area contributed by atoms with E-state index in [2.05, 4.69) is 0 Å². The van der Waals surface area contributed by atoms with Gasteiger partial charge in [0.1, 0.15) is 0 Å². The minimum Gasteiger partial charge on any atom is -0.298 e. The zero-order valence-corrected chi connectivity index (χ0v) is 17.2. The van der Waals surface area contributed by atoms with E-state index in [0.29, 0.717) is 31.1 Å². The third kappa shape index (κ3) is 4.78. The average Bonchev–Trinajstić information content (AvgIpc) is 2.54. The normalized spacial score (nSPS) is 19.1. The van der Waals surface area contributed by atoms with Crippen LogP contribution in [0.1, 0.15) is 67.7 Å². The summed E-state index contributed by atoms with van der Waals surface area (Å²) < 4.78 is 0. The molecular formula is C23H32O3. The molecule has 0 heterocycles. The van der Waals surface area contributed by atoms with Crippen molar-refractivity contribution < 1.29 is 14.4 Å². The smallest absolute Gasteiger partial charge is 0.176 e. The molecule has 0 amide bonds. The molecule has 0 fully saturated rings. The predicted octanol–water partition coefficient (Wildman–Crippen LogP) is 5.33. The molecule has 3 heteroatoms. The van der Waals surface area contributed by atoms with E-state index in [1.165, 1.54) is 0 Å². The van der Waals surface area contributed by atoms with Crippen LogP contribution in [0.2, 0.25) is 0 Å². The number of Topliss-reactive ketones (excluding diaryl/α,β-unsaturated/α-hetero) is 2. The van der Waals surface area contributed by atoms with Crippen LogP contribution in [-0.4, -0.2) is 17.9 Å². The van der Waals surface area contributed by atoms with Gasteiger partial charge in [0.2, 0.25) is 0 Å². The van der Waals surface area contributed by atoms with Gasteiger partial charge >= 0.3 is 0 Å².